The van der Waals surface area contributed by atoms with Gasteiger partial charge in [0.05, 0.1) is 11.8 Å². The lowest BCUT2D eigenvalue weighted by molar-refractivity contribution is -0.131. The summed E-state index contributed by atoms with van der Waals surface area (Å²) in [6.07, 6.45) is 10.7. The molecule has 0 unspecified atom stereocenters. The molecule has 3 rings (SSSR count). The molecular weight excluding hydrogens is 266 g/mol. The first-order valence-corrected chi connectivity index (χ1v) is 8.06. The second-order valence-corrected chi connectivity index (χ2v) is 6.39. The van der Waals surface area contributed by atoms with Crippen LogP contribution in [0.3, 0.4) is 0 Å². The van der Waals surface area contributed by atoms with Crippen molar-refractivity contribution in [3.8, 4) is 0 Å². The van der Waals surface area contributed by atoms with Gasteiger partial charge < -0.3 is 9.64 Å². The van der Waals surface area contributed by atoms with E-state index in [1.807, 2.05) is 24.3 Å². The van der Waals surface area contributed by atoms with Crippen molar-refractivity contribution >= 4 is 5.91 Å². The average Bonchev–Trinajstić information content (AvgIpc) is 3.03. The van der Waals surface area contributed by atoms with E-state index in [0.717, 1.165) is 50.9 Å². The second kappa shape index (κ2) is 6.18. The molecule has 0 saturated carbocycles. The van der Waals surface area contributed by atoms with E-state index in [4.69, 9.17) is 4.74 Å². The van der Waals surface area contributed by atoms with Crippen LogP contribution in [-0.4, -0.2) is 45.9 Å². The summed E-state index contributed by atoms with van der Waals surface area (Å²) in [6.45, 7) is 2.64. The fraction of sp³-hybridized carbons (Fsp3) is 0.750. The molecule has 5 nitrogen and oxygen atoms in total. The van der Waals surface area contributed by atoms with Gasteiger partial charge in [-0.15, -0.1) is 0 Å². The van der Waals surface area contributed by atoms with Crippen LogP contribution in [0, 0.1) is 0 Å². The Balaban J connectivity index is 1.50. The van der Waals surface area contributed by atoms with E-state index < -0.39 is 0 Å². The maximum atomic E-state index is 12.4. The number of carbonyl (C=O) groups excluding carboxylic acids is 1. The minimum absolute atomic E-state index is 0.0817. The third-order valence-electron chi connectivity index (χ3n) is 4.82. The molecule has 0 bridgehead atoms. The van der Waals surface area contributed by atoms with Crippen molar-refractivity contribution in [3.05, 3.63) is 18.0 Å². The largest absolute Gasteiger partial charge is 0.375 e. The smallest absolute Gasteiger partial charge is 0.222 e. The van der Waals surface area contributed by atoms with Crippen LogP contribution in [-0.2, 0) is 23.0 Å². The third-order valence-corrected chi connectivity index (χ3v) is 4.82. The lowest BCUT2D eigenvalue weighted by Gasteiger charge is -2.27. The molecule has 0 aliphatic carbocycles. The standard InChI is InChI=1S/C16H25N3O2/c1-18-13-14(12-17-18)4-5-15(20)19-9-2-6-16(8-10-19)7-3-11-21-16/h12-13H,2-11H2,1H3/t16-/m1/s1. The zero-order chi connectivity index (χ0) is 14.7. The van der Waals surface area contributed by atoms with Crippen molar-refractivity contribution in [1.82, 2.24) is 14.7 Å². The number of aryl methyl sites for hydroxylation is 2. The van der Waals surface area contributed by atoms with E-state index in [1.54, 1.807) is 4.68 Å². The van der Waals surface area contributed by atoms with Crippen LogP contribution in [0.15, 0.2) is 12.4 Å². The summed E-state index contributed by atoms with van der Waals surface area (Å²) in [5, 5.41) is 4.15. The molecule has 5 heteroatoms. The molecule has 1 aromatic rings. The van der Waals surface area contributed by atoms with Crippen molar-refractivity contribution in [2.24, 2.45) is 7.05 Å². The monoisotopic (exact) mass is 291 g/mol. The second-order valence-electron chi connectivity index (χ2n) is 6.39. The summed E-state index contributed by atoms with van der Waals surface area (Å²) >= 11 is 0. The minimum Gasteiger partial charge on any atom is -0.375 e. The van der Waals surface area contributed by atoms with Crippen molar-refractivity contribution in [2.75, 3.05) is 19.7 Å². The third kappa shape index (κ3) is 3.46. The molecule has 2 fully saturated rings. The molecule has 0 aromatic carbocycles. The Hall–Kier alpha value is -1.36. The van der Waals surface area contributed by atoms with E-state index in [2.05, 4.69) is 5.10 Å². The van der Waals surface area contributed by atoms with Crippen molar-refractivity contribution < 1.29 is 9.53 Å². The SMILES string of the molecule is Cn1cc(CCC(=O)N2CCC[C@@]3(CCCO3)CC2)cn1. The number of amides is 1. The van der Waals surface area contributed by atoms with Gasteiger partial charge in [-0.2, -0.15) is 5.10 Å². The van der Waals surface area contributed by atoms with Gasteiger partial charge in [-0.25, -0.2) is 0 Å². The first-order chi connectivity index (χ1) is 10.2. The van der Waals surface area contributed by atoms with Crippen molar-refractivity contribution in [3.63, 3.8) is 0 Å². The van der Waals surface area contributed by atoms with Gasteiger partial charge in [-0.1, -0.05) is 0 Å². The first kappa shape index (κ1) is 14.6. The highest BCUT2D eigenvalue weighted by atomic mass is 16.5. The van der Waals surface area contributed by atoms with E-state index in [-0.39, 0.29) is 11.5 Å². The topological polar surface area (TPSA) is 47.4 Å². The van der Waals surface area contributed by atoms with E-state index >= 15 is 0 Å². The predicted molar refractivity (Wildman–Crippen MR) is 79.9 cm³/mol. The van der Waals surface area contributed by atoms with Gasteiger partial charge in [0.15, 0.2) is 0 Å². The highest BCUT2D eigenvalue weighted by Gasteiger charge is 2.37. The summed E-state index contributed by atoms with van der Waals surface area (Å²) < 4.78 is 7.76. The van der Waals surface area contributed by atoms with Crippen LogP contribution in [0.25, 0.3) is 0 Å². The summed E-state index contributed by atoms with van der Waals surface area (Å²) in [7, 11) is 1.90. The zero-order valence-corrected chi connectivity index (χ0v) is 12.9. The van der Waals surface area contributed by atoms with Gasteiger partial charge in [0.2, 0.25) is 5.91 Å². The highest BCUT2D eigenvalue weighted by Crippen LogP contribution is 2.35. The number of hydrogen-bond donors (Lipinski definition) is 0. The maximum absolute atomic E-state index is 12.4. The van der Waals surface area contributed by atoms with Crippen LogP contribution in [0.1, 0.15) is 44.1 Å². The van der Waals surface area contributed by atoms with Gasteiger partial charge in [0, 0.05) is 39.4 Å². The highest BCUT2D eigenvalue weighted by molar-refractivity contribution is 5.76. The number of aromatic nitrogens is 2. The number of nitrogens with zero attached hydrogens (tertiary/aromatic N) is 3. The van der Waals surface area contributed by atoms with E-state index in [9.17, 15) is 4.79 Å². The van der Waals surface area contributed by atoms with Gasteiger partial charge in [0.25, 0.3) is 0 Å². The lowest BCUT2D eigenvalue weighted by Crippen LogP contribution is -2.34. The number of rotatable bonds is 3. The van der Waals surface area contributed by atoms with Crippen LogP contribution in [0.2, 0.25) is 0 Å². The van der Waals surface area contributed by atoms with Gasteiger partial charge >= 0.3 is 0 Å². The van der Waals surface area contributed by atoms with Gasteiger partial charge in [-0.3, -0.25) is 9.48 Å². The Morgan fingerprint density at radius 2 is 2.19 bits per heavy atom. The molecule has 0 radical (unpaired) electrons. The Morgan fingerprint density at radius 3 is 2.90 bits per heavy atom. The molecule has 0 N–H and O–H groups in total. The summed E-state index contributed by atoms with van der Waals surface area (Å²) in [6, 6.07) is 0. The molecule has 2 aliphatic heterocycles. The molecule has 21 heavy (non-hydrogen) atoms. The zero-order valence-electron chi connectivity index (χ0n) is 12.9. The maximum Gasteiger partial charge on any atom is 0.222 e. The Kier molecular flexibility index (Phi) is 4.29. The molecule has 1 spiro atoms. The number of hydrogen-bond acceptors (Lipinski definition) is 3. The molecule has 3 heterocycles. The quantitative estimate of drug-likeness (QED) is 0.855. The molecule has 2 aliphatic rings. The van der Waals surface area contributed by atoms with Crippen LogP contribution < -0.4 is 0 Å². The normalized spacial score (nSPS) is 26.2. The molecule has 116 valence electrons. The predicted octanol–water partition coefficient (Wildman–Crippen LogP) is 1.91. The molecule has 2 saturated heterocycles. The van der Waals surface area contributed by atoms with Crippen LogP contribution >= 0.6 is 0 Å². The Bertz CT molecular complexity index is 491. The van der Waals surface area contributed by atoms with E-state index in [0.29, 0.717) is 6.42 Å². The van der Waals surface area contributed by atoms with Crippen LogP contribution in [0.4, 0.5) is 0 Å². The molecule has 1 amide bonds. The van der Waals surface area contributed by atoms with E-state index in [1.165, 1.54) is 12.8 Å². The summed E-state index contributed by atoms with van der Waals surface area (Å²) in [5.41, 5.74) is 1.22. The average molecular weight is 291 g/mol. The molecule has 1 aromatic heterocycles. The lowest BCUT2D eigenvalue weighted by atomic mass is 9.92. The van der Waals surface area contributed by atoms with Crippen molar-refractivity contribution in [2.45, 2.75) is 50.5 Å². The Labute approximate surface area is 126 Å². The van der Waals surface area contributed by atoms with Gasteiger partial charge in [0.1, 0.15) is 0 Å². The fourth-order valence-corrected chi connectivity index (χ4v) is 3.58. The summed E-state index contributed by atoms with van der Waals surface area (Å²) in [5.74, 6) is 0.272. The number of ether oxygens (including phenoxy) is 1. The fourth-order valence-electron chi connectivity index (χ4n) is 3.58. The van der Waals surface area contributed by atoms with Gasteiger partial charge in [-0.05, 0) is 44.1 Å². The summed E-state index contributed by atoms with van der Waals surface area (Å²) in [4.78, 5) is 14.4. The number of carbonyl (C=O) groups is 1. The molecular formula is C16H25N3O2. The van der Waals surface area contributed by atoms with Crippen LogP contribution in [0.5, 0.6) is 0 Å². The van der Waals surface area contributed by atoms with Crippen molar-refractivity contribution in [1.29, 1.82) is 0 Å². The minimum atomic E-state index is 0.0817. The first-order valence-electron chi connectivity index (χ1n) is 8.06. The number of likely N-dealkylation sites (tertiary alicyclic amines) is 1. The molecule has 1 atom stereocenters. The Morgan fingerprint density at radius 1 is 1.33 bits per heavy atom.